The SMILES string of the molecule is CC[C@@H](C(=O)NCC(C)C)N(Cc1cccc(C)c1)C(=O)CN(c1ccc(OC)c(OC)c1)S(=O)(=O)c1ccc(C)cc1. The van der Waals surface area contributed by atoms with Gasteiger partial charge in [0.15, 0.2) is 11.5 Å². The average Bonchev–Trinajstić information content (AvgIpc) is 2.98. The summed E-state index contributed by atoms with van der Waals surface area (Å²) in [7, 11) is -1.27. The van der Waals surface area contributed by atoms with Gasteiger partial charge in [-0.25, -0.2) is 8.42 Å². The van der Waals surface area contributed by atoms with Gasteiger partial charge in [-0.2, -0.15) is 0 Å². The van der Waals surface area contributed by atoms with Gasteiger partial charge in [0.25, 0.3) is 10.0 Å². The Balaban J connectivity index is 2.11. The molecule has 0 aromatic heterocycles. The Hall–Kier alpha value is -4.05. The highest BCUT2D eigenvalue weighted by Crippen LogP contribution is 2.34. The third-order valence-corrected chi connectivity index (χ3v) is 8.84. The van der Waals surface area contributed by atoms with Crippen molar-refractivity contribution in [2.45, 2.75) is 58.5 Å². The minimum atomic E-state index is -4.21. The first-order chi connectivity index (χ1) is 20.4. The lowest BCUT2D eigenvalue weighted by atomic mass is 10.1. The van der Waals surface area contributed by atoms with E-state index >= 15 is 0 Å². The fourth-order valence-corrected chi connectivity index (χ4v) is 6.10. The lowest BCUT2D eigenvalue weighted by Crippen LogP contribution is -2.52. The van der Waals surface area contributed by atoms with Crippen LogP contribution in [0.5, 0.6) is 11.5 Å². The summed E-state index contributed by atoms with van der Waals surface area (Å²) in [6.45, 7) is 9.71. The van der Waals surface area contributed by atoms with Crippen LogP contribution < -0.4 is 19.1 Å². The number of amides is 2. The first-order valence-electron chi connectivity index (χ1n) is 14.3. The number of rotatable bonds is 14. The number of nitrogens with zero attached hydrogens (tertiary/aromatic N) is 2. The van der Waals surface area contributed by atoms with Gasteiger partial charge in [-0.05, 0) is 56.0 Å². The molecule has 0 bridgehead atoms. The van der Waals surface area contributed by atoms with E-state index in [0.717, 1.165) is 21.0 Å². The van der Waals surface area contributed by atoms with Gasteiger partial charge < -0.3 is 19.7 Å². The normalized spacial score (nSPS) is 12.0. The number of anilines is 1. The van der Waals surface area contributed by atoms with Crippen LogP contribution in [0.2, 0.25) is 0 Å². The van der Waals surface area contributed by atoms with Crippen LogP contribution >= 0.6 is 0 Å². The van der Waals surface area contributed by atoms with Crippen molar-refractivity contribution >= 4 is 27.5 Å². The van der Waals surface area contributed by atoms with E-state index in [-0.39, 0.29) is 29.0 Å². The van der Waals surface area contributed by atoms with Gasteiger partial charge in [0.2, 0.25) is 11.8 Å². The van der Waals surface area contributed by atoms with Gasteiger partial charge in [-0.1, -0.05) is 68.3 Å². The fraction of sp³-hybridized carbons (Fsp3) is 0.394. The Kier molecular flexibility index (Phi) is 11.6. The number of sulfonamides is 1. The van der Waals surface area contributed by atoms with E-state index in [2.05, 4.69) is 5.32 Å². The number of carbonyl (C=O) groups excluding carboxylic acids is 2. The van der Waals surface area contributed by atoms with Crippen molar-refractivity contribution in [2.24, 2.45) is 5.92 Å². The van der Waals surface area contributed by atoms with E-state index in [1.54, 1.807) is 24.3 Å². The second-order valence-electron chi connectivity index (χ2n) is 10.9. The van der Waals surface area contributed by atoms with Crippen LogP contribution in [-0.2, 0) is 26.2 Å². The van der Waals surface area contributed by atoms with E-state index in [1.165, 1.54) is 37.3 Å². The third kappa shape index (κ3) is 8.50. The van der Waals surface area contributed by atoms with E-state index in [1.807, 2.05) is 58.9 Å². The molecule has 3 aromatic rings. The summed E-state index contributed by atoms with van der Waals surface area (Å²) in [6, 6.07) is 18.0. The molecule has 3 aromatic carbocycles. The zero-order chi connectivity index (χ0) is 31.7. The fourth-order valence-electron chi connectivity index (χ4n) is 4.70. The summed E-state index contributed by atoms with van der Waals surface area (Å²) in [4.78, 5) is 29.1. The molecule has 10 heteroatoms. The first kappa shape index (κ1) is 33.5. The maximum atomic E-state index is 14.3. The largest absolute Gasteiger partial charge is 0.493 e. The molecule has 3 rings (SSSR count). The number of methoxy groups -OCH3 is 2. The number of hydrogen-bond acceptors (Lipinski definition) is 6. The molecule has 232 valence electrons. The van der Waals surface area contributed by atoms with Crippen molar-refractivity contribution in [2.75, 3.05) is 31.6 Å². The number of ether oxygens (including phenoxy) is 2. The molecule has 9 nitrogen and oxygen atoms in total. The Morgan fingerprint density at radius 1 is 0.884 bits per heavy atom. The Labute approximate surface area is 255 Å². The molecule has 0 spiro atoms. The highest BCUT2D eigenvalue weighted by molar-refractivity contribution is 7.92. The average molecular weight is 610 g/mol. The second kappa shape index (κ2) is 14.9. The lowest BCUT2D eigenvalue weighted by Gasteiger charge is -2.33. The van der Waals surface area contributed by atoms with E-state index in [9.17, 15) is 18.0 Å². The van der Waals surface area contributed by atoms with Gasteiger partial charge in [-0.15, -0.1) is 0 Å². The summed E-state index contributed by atoms with van der Waals surface area (Å²) in [5.41, 5.74) is 2.97. The molecule has 0 aliphatic heterocycles. The first-order valence-corrected chi connectivity index (χ1v) is 15.8. The smallest absolute Gasteiger partial charge is 0.264 e. The zero-order valence-corrected chi connectivity index (χ0v) is 26.9. The maximum absolute atomic E-state index is 14.3. The van der Waals surface area contributed by atoms with Crippen LogP contribution in [0.4, 0.5) is 5.69 Å². The monoisotopic (exact) mass is 609 g/mol. The van der Waals surface area contributed by atoms with Crippen molar-refractivity contribution < 1.29 is 27.5 Å². The number of benzene rings is 3. The van der Waals surface area contributed by atoms with Crippen LogP contribution in [0.25, 0.3) is 0 Å². The standard InChI is InChI=1S/C33H43N3O6S/c1-8-29(33(38)34-20-23(2)3)35(21-26-11-9-10-25(5)18-26)32(37)22-36(27-14-17-30(41-6)31(19-27)42-7)43(39,40)28-15-12-24(4)13-16-28/h9-19,23,29H,8,20-22H2,1-7H3,(H,34,38)/t29-/m0/s1. The molecule has 0 aliphatic rings. The molecule has 0 aliphatic carbocycles. The van der Waals surface area contributed by atoms with Gasteiger partial charge in [0, 0.05) is 19.2 Å². The summed E-state index contributed by atoms with van der Waals surface area (Å²) in [5, 5.41) is 2.94. The molecule has 0 heterocycles. The lowest BCUT2D eigenvalue weighted by molar-refractivity contribution is -0.140. The summed E-state index contributed by atoms with van der Waals surface area (Å²) in [6.07, 6.45) is 0.350. The molecule has 0 saturated carbocycles. The number of aryl methyl sites for hydroxylation is 2. The minimum Gasteiger partial charge on any atom is -0.493 e. The van der Waals surface area contributed by atoms with Crippen molar-refractivity contribution in [3.8, 4) is 11.5 Å². The van der Waals surface area contributed by atoms with Gasteiger partial charge in [0.1, 0.15) is 12.6 Å². The Morgan fingerprint density at radius 3 is 2.14 bits per heavy atom. The van der Waals surface area contributed by atoms with Crippen LogP contribution in [0.3, 0.4) is 0 Å². The quantitative estimate of drug-likeness (QED) is 0.273. The molecule has 0 fully saturated rings. The van der Waals surface area contributed by atoms with Crippen molar-refractivity contribution in [1.29, 1.82) is 0 Å². The van der Waals surface area contributed by atoms with Gasteiger partial charge >= 0.3 is 0 Å². The predicted molar refractivity (Wildman–Crippen MR) is 169 cm³/mol. The molecule has 0 unspecified atom stereocenters. The summed E-state index contributed by atoms with van der Waals surface area (Å²) < 4.78 is 40.1. The topological polar surface area (TPSA) is 105 Å². The maximum Gasteiger partial charge on any atom is 0.264 e. The predicted octanol–water partition coefficient (Wildman–Crippen LogP) is 5.10. The van der Waals surface area contributed by atoms with Crippen molar-refractivity contribution in [1.82, 2.24) is 10.2 Å². The molecule has 1 N–H and O–H groups in total. The number of carbonyl (C=O) groups is 2. The highest BCUT2D eigenvalue weighted by atomic mass is 32.2. The Bertz CT molecular complexity index is 1510. The van der Waals surface area contributed by atoms with E-state index in [0.29, 0.717) is 24.5 Å². The molecular weight excluding hydrogens is 566 g/mol. The van der Waals surface area contributed by atoms with Gasteiger partial charge in [0.05, 0.1) is 24.8 Å². The van der Waals surface area contributed by atoms with Crippen LogP contribution in [0, 0.1) is 19.8 Å². The highest BCUT2D eigenvalue weighted by Gasteiger charge is 2.34. The third-order valence-electron chi connectivity index (χ3n) is 7.05. The molecular formula is C33H43N3O6S. The van der Waals surface area contributed by atoms with Crippen LogP contribution in [0.1, 0.15) is 43.9 Å². The molecule has 1 atom stereocenters. The number of hydrogen-bond donors (Lipinski definition) is 1. The van der Waals surface area contributed by atoms with Crippen LogP contribution in [0.15, 0.2) is 71.6 Å². The zero-order valence-electron chi connectivity index (χ0n) is 26.1. The van der Waals surface area contributed by atoms with E-state index < -0.39 is 28.5 Å². The summed E-state index contributed by atoms with van der Waals surface area (Å²) >= 11 is 0. The van der Waals surface area contributed by atoms with Crippen LogP contribution in [-0.4, -0.2) is 58.5 Å². The van der Waals surface area contributed by atoms with Gasteiger partial charge in [-0.3, -0.25) is 13.9 Å². The molecule has 43 heavy (non-hydrogen) atoms. The molecule has 0 radical (unpaired) electrons. The number of nitrogens with one attached hydrogen (secondary N) is 1. The van der Waals surface area contributed by atoms with Crippen molar-refractivity contribution in [3.63, 3.8) is 0 Å². The van der Waals surface area contributed by atoms with E-state index in [4.69, 9.17) is 9.47 Å². The second-order valence-corrected chi connectivity index (χ2v) is 12.8. The molecule has 2 amide bonds. The molecule has 0 saturated heterocycles. The summed E-state index contributed by atoms with van der Waals surface area (Å²) in [5.74, 6) is 0.157. The minimum absolute atomic E-state index is 0.0348. The van der Waals surface area contributed by atoms with Crippen molar-refractivity contribution in [3.05, 3.63) is 83.4 Å². The Morgan fingerprint density at radius 2 is 1.56 bits per heavy atom.